The quantitative estimate of drug-likeness (QED) is 0.423. The Hall–Kier alpha value is -0.660. The van der Waals surface area contributed by atoms with E-state index in [0.717, 1.165) is 0 Å². The van der Waals surface area contributed by atoms with Gasteiger partial charge in [0.05, 0.1) is 5.41 Å². The van der Waals surface area contributed by atoms with E-state index in [1.165, 1.54) is 0 Å². The van der Waals surface area contributed by atoms with Gasteiger partial charge in [0.15, 0.2) is 0 Å². The Kier molecular flexibility index (Phi) is 9.59. The van der Waals surface area contributed by atoms with Crippen molar-refractivity contribution in [2.75, 3.05) is 0 Å². The first-order chi connectivity index (χ1) is 3.12. The molecule has 0 atom stereocenters. The molecule has 0 spiro atoms. The summed E-state index contributed by atoms with van der Waals surface area (Å²) in [6.45, 7) is 3.12. The van der Waals surface area contributed by atoms with Crippen molar-refractivity contribution in [3.8, 4) is 0 Å². The van der Waals surface area contributed by atoms with Gasteiger partial charge in [-0.25, -0.2) is 0 Å². The van der Waals surface area contributed by atoms with Crippen LogP contribution in [0, 0.1) is 5.41 Å². The van der Waals surface area contributed by atoms with Crippen LogP contribution in [0.15, 0.2) is 0 Å². The lowest BCUT2D eigenvalue weighted by molar-refractivity contribution is -0.124. The minimum Gasteiger partial charge on any atom is -0.302 e. The van der Waals surface area contributed by atoms with Crippen molar-refractivity contribution in [3.05, 3.63) is 0 Å². The first kappa shape index (κ1) is 15.8. The normalized spacial score (nSPS) is 8.22. The smallest absolute Gasteiger partial charge is 0.132 e. The number of rotatable bonds is 2. The summed E-state index contributed by atoms with van der Waals surface area (Å²) in [6.07, 6.45) is 1.25. The van der Waals surface area contributed by atoms with Crippen LogP contribution in [-0.4, -0.2) is 12.6 Å². The Morgan fingerprint density at radius 3 is 1.22 bits per heavy atom. The van der Waals surface area contributed by atoms with Crippen LogP contribution in [-0.2, 0) is 9.59 Å². The van der Waals surface area contributed by atoms with Gasteiger partial charge in [-0.05, 0) is 13.8 Å². The monoisotopic (exact) mass is 132 g/mol. The molecule has 0 aromatic rings. The summed E-state index contributed by atoms with van der Waals surface area (Å²) in [5, 5.41) is 0. The van der Waals surface area contributed by atoms with Crippen LogP contribution >= 0.6 is 0 Å². The van der Waals surface area contributed by atoms with Gasteiger partial charge < -0.3 is 9.59 Å². The van der Waals surface area contributed by atoms with Gasteiger partial charge in [-0.2, -0.15) is 0 Å². The third-order valence-electron chi connectivity index (χ3n) is 0.607. The molecule has 0 aliphatic carbocycles. The van der Waals surface area contributed by atoms with Crippen molar-refractivity contribution < 1.29 is 9.59 Å². The zero-order valence-corrected chi connectivity index (χ0v) is 4.47. The maximum Gasteiger partial charge on any atom is 0.132 e. The molecule has 0 unspecified atom stereocenters. The third kappa shape index (κ3) is 7.34. The lowest BCUT2D eigenvalue weighted by Crippen LogP contribution is -2.13. The van der Waals surface area contributed by atoms with E-state index >= 15 is 0 Å². The van der Waals surface area contributed by atoms with Crippen molar-refractivity contribution in [3.63, 3.8) is 0 Å². The second-order valence-corrected chi connectivity index (χ2v) is 2.06. The number of carbonyl (C=O) groups excluding carboxylic acids is 2. The standard InChI is InChI=1S/C5H8O2.2CH4/c1-5(2,3-6)4-7;;/h3-4H,1-2H3;2*1H4. The second-order valence-electron chi connectivity index (χ2n) is 2.06. The SMILES string of the molecule is C.C.CC(C)(C=O)C=O. The van der Waals surface area contributed by atoms with Gasteiger partial charge in [-0.1, -0.05) is 14.9 Å². The third-order valence-corrected chi connectivity index (χ3v) is 0.607. The zero-order chi connectivity index (χ0) is 5.91. The van der Waals surface area contributed by atoms with Crippen molar-refractivity contribution in [2.45, 2.75) is 28.7 Å². The number of aldehydes is 2. The molecule has 0 saturated heterocycles. The van der Waals surface area contributed by atoms with Crippen LogP contribution < -0.4 is 0 Å². The molecule has 0 bridgehead atoms. The summed E-state index contributed by atoms with van der Waals surface area (Å²) in [5.41, 5.74) is -0.778. The van der Waals surface area contributed by atoms with E-state index in [4.69, 9.17) is 0 Å². The topological polar surface area (TPSA) is 34.1 Å². The van der Waals surface area contributed by atoms with Crippen LogP contribution in [0.25, 0.3) is 0 Å². The predicted molar refractivity (Wildman–Crippen MR) is 39.4 cm³/mol. The average molecular weight is 132 g/mol. The minimum atomic E-state index is -0.778. The van der Waals surface area contributed by atoms with E-state index in [1.807, 2.05) is 0 Å². The molecule has 0 N–H and O–H groups in total. The zero-order valence-electron chi connectivity index (χ0n) is 4.47. The highest BCUT2D eigenvalue weighted by Crippen LogP contribution is 2.03. The van der Waals surface area contributed by atoms with E-state index in [2.05, 4.69) is 0 Å². The second kappa shape index (κ2) is 5.48. The van der Waals surface area contributed by atoms with E-state index in [1.54, 1.807) is 13.8 Å². The van der Waals surface area contributed by atoms with Crippen LogP contribution in [0.5, 0.6) is 0 Å². The van der Waals surface area contributed by atoms with Gasteiger partial charge in [-0.3, -0.25) is 0 Å². The van der Waals surface area contributed by atoms with Crippen molar-refractivity contribution in [1.82, 2.24) is 0 Å². The van der Waals surface area contributed by atoms with Crippen LogP contribution in [0.1, 0.15) is 28.7 Å². The lowest BCUT2D eigenvalue weighted by atomic mass is 9.99. The molecule has 0 rings (SSSR count). The van der Waals surface area contributed by atoms with Gasteiger partial charge in [-0.15, -0.1) is 0 Å². The summed E-state index contributed by atoms with van der Waals surface area (Å²) >= 11 is 0. The number of carbonyl (C=O) groups is 2. The molecule has 0 aliphatic heterocycles. The molecular formula is C7H16O2. The van der Waals surface area contributed by atoms with Gasteiger partial charge in [0.2, 0.25) is 0 Å². The lowest BCUT2D eigenvalue weighted by Gasteiger charge is -2.02. The molecule has 0 saturated carbocycles. The van der Waals surface area contributed by atoms with E-state index in [-0.39, 0.29) is 14.9 Å². The Balaban J connectivity index is -0.000000180. The highest BCUT2D eigenvalue weighted by molar-refractivity contribution is 5.82. The average Bonchev–Trinajstić information content (AvgIpc) is 1.68. The van der Waals surface area contributed by atoms with Crippen molar-refractivity contribution >= 4 is 12.6 Å². The van der Waals surface area contributed by atoms with Gasteiger partial charge in [0.1, 0.15) is 12.6 Å². The Labute approximate surface area is 57.3 Å². The van der Waals surface area contributed by atoms with E-state index in [9.17, 15) is 9.59 Å². The number of hydrogen-bond donors (Lipinski definition) is 0. The molecule has 0 amide bonds. The molecule has 0 heterocycles. The fraction of sp³-hybridized carbons (Fsp3) is 0.714. The molecule has 0 aliphatic rings. The Morgan fingerprint density at radius 1 is 1.00 bits per heavy atom. The number of hydrogen-bond acceptors (Lipinski definition) is 2. The first-order valence-corrected chi connectivity index (χ1v) is 2.05. The molecule has 9 heavy (non-hydrogen) atoms. The summed E-state index contributed by atoms with van der Waals surface area (Å²) < 4.78 is 0. The summed E-state index contributed by atoms with van der Waals surface area (Å²) in [6, 6.07) is 0. The largest absolute Gasteiger partial charge is 0.302 e. The highest BCUT2D eigenvalue weighted by Gasteiger charge is 2.12. The molecule has 0 fully saturated rings. The van der Waals surface area contributed by atoms with Crippen LogP contribution in [0.4, 0.5) is 0 Å². The maximum absolute atomic E-state index is 9.83. The molecule has 2 nitrogen and oxygen atoms in total. The molecule has 0 aromatic carbocycles. The first-order valence-electron chi connectivity index (χ1n) is 2.05. The van der Waals surface area contributed by atoms with Crippen LogP contribution in [0.3, 0.4) is 0 Å². The summed E-state index contributed by atoms with van der Waals surface area (Å²) in [5.74, 6) is 0. The molecule has 2 heteroatoms. The highest BCUT2D eigenvalue weighted by atomic mass is 16.1. The van der Waals surface area contributed by atoms with Crippen LogP contribution in [0.2, 0.25) is 0 Å². The summed E-state index contributed by atoms with van der Waals surface area (Å²) in [4.78, 5) is 19.7. The van der Waals surface area contributed by atoms with Crippen molar-refractivity contribution in [1.29, 1.82) is 0 Å². The molecule has 56 valence electrons. The van der Waals surface area contributed by atoms with Crippen molar-refractivity contribution in [2.24, 2.45) is 5.41 Å². The molecular weight excluding hydrogens is 116 g/mol. The minimum absolute atomic E-state index is 0. The van der Waals surface area contributed by atoms with E-state index < -0.39 is 5.41 Å². The van der Waals surface area contributed by atoms with Gasteiger partial charge in [0.25, 0.3) is 0 Å². The predicted octanol–water partition coefficient (Wildman–Crippen LogP) is 1.68. The fourth-order valence-corrected chi connectivity index (χ4v) is 0.0278. The van der Waals surface area contributed by atoms with E-state index in [0.29, 0.717) is 12.6 Å². The van der Waals surface area contributed by atoms with Gasteiger partial charge >= 0.3 is 0 Å². The van der Waals surface area contributed by atoms with Gasteiger partial charge in [0, 0.05) is 0 Å². The Bertz CT molecular complexity index is 74.9. The molecule has 0 radical (unpaired) electrons. The molecule has 0 aromatic heterocycles. The maximum atomic E-state index is 9.83. The Morgan fingerprint density at radius 2 is 1.22 bits per heavy atom. The fourth-order valence-electron chi connectivity index (χ4n) is 0.0278. The summed E-state index contributed by atoms with van der Waals surface area (Å²) in [7, 11) is 0.